The van der Waals surface area contributed by atoms with E-state index in [9.17, 15) is 4.55 Å². The van der Waals surface area contributed by atoms with Crippen molar-refractivity contribution in [1.82, 2.24) is 9.62 Å². The fourth-order valence-electron chi connectivity index (χ4n) is 3.59. The van der Waals surface area contributed by atoms with Crippen LogP contribution >= 0.6 is 0 Å². The van der Waals surface area contributed by atoms with E-state index >= 15 is 0 Å². The average Bonchev–Trinajstić information content (AvgIpc) is 3.12. The molecule has 1 aliphatic carbocycles. The van der Waals surface area contributed by atoms with Crippen molar-refractivity contribution < 1.29 is 9.29 Å². The van der Waals surface area contributed by atoms with Crippen LogP contribution in [-0.2, 0) is 17.9 Å². The average molecular weight is 396 g/mol. The number of hydrogen-bond donors (Lipinski definition) is 1. The number of ether oxygens (including phenoxy) is 1. The standard InChI is InChI=1S/C22H25N3O2S/c23-14-18-3-1-6-22(13-18)28(26)24-19-11-12-25(16-19)15-17-7-9-21(10-8-17)27-20-4-2-5-20/h1,3,6-10,13,19-20,24H,2,4-5,11-12,15-16H2/t19-,28?/m1/s1. The van der Waals surface area contributed by atoms with Gasteiger partial charge in [0.05, 0.1) is 35.1 Å². The molecule has 1 saturated carbocycles. The van der Waals surface area contributed by atoms with Gasteiger partial charge in [-0.25, -0.2) is 0 Å². The summed E-state index contributed by atoms with van der Waals surface area (Å²) in [5.41, 5.74) is 1.80. The lowest BCUT2D eigenvalue weighted by molar-refractivity contribution is 0.120. The maximum absolute atomic E-state index is 12.5. The van der Waals surface area contributed by atoms with Crippen molar-refractivity contribution in [2.24, 2.45) is 0 Å². The molecule has 1 heterocycles. The SMILES string of the molecule is N#Cc1cccc([S+]([O-])N[C@@H]2CCN(Cc3ccc(OC4CCC4)cc3)C2)c1. The highest BCUT2D eigenvalue weighted by Gasteiger charge is 2.27. The molecule has 4 rings (SSSR count). The van der Waals surface area contributed by atoms with Gasteiger partial charge in [0, 0.05) is 25.7 Å². The minimum atomic E-state index is -1.30. The first-order valence-corrected chi connectivity index (χ1v) is 11.0. The fraction of sp³-hybridized carbons (Fsp3) is 0.409. The van der Waals surface area contributed by atoms with Gasteiger partial charge in [-0.1, -0.05) is 18.2 Å². The molecule has 6 heteroatoms. The van der Waals surface area contributed by atoms with Gasteiger partial charge >= 0.3 is 0 Å². The quantitative estimate of drug-likeness (QED) is 0.728. The Morgan fingerprint density at radius 3 is 2.71 bits per heavy atom. The van der Waals surface area contributed by atoms with Crippen LogP contribution in [0.4, 0.5) is 0 Å². The Hall–Kier alpha value is -2.04. The fourth-order valence-corrected chi connectivity index (χ4v) is 4.65. The molecule has 1 aliphatic heterocycles. The van der Waals surface area contributed by atoms with Gasteiger partial charge in [-0.2, -0.15) is 5.26 Å². The van der Waals surface area contributed by atoms with E-state index in [2.05, 4.69) is 40.0 Å². The van der Waals surface area contributed by atoms with Gasteiger partial charge in [0.15, 0.2) is 4.90 Å². The summed E-state index contributed by atoms with van der Waals surface area (Å²) < 4.78 is 21.7. The number of rotatable bonds is 7. The second-order valence-corrected chi connectivity index (χ2v) is 8.81. The van der Waals surface area contributed by atoms with Crippen molar-refractivity contribution in [3.05, 3.63) is 59.7 Å². The lowest BCUT2D eigenvalue weighted by atomic mass is 9.96. The highest BCUT2D eigenvalue weighted by Crippen LogP contribution is 2.25. The summed E-state index contributed by atoms with van der Waals surface area (Å²) in [5, 5.41) is 8.99. The Morgan fingerprint density at radius 2 is 2.00 bits per heavy atom. The molecule has 0 spiro atoms. The van der Waals surface area contributed by atoms with E-state index in [1.165, 1.54) is 24.8 Å². The first-order valence-electron chi connectivity index (χ1n) is 9.85. The number of nitriles is 1. The number of benzene rings is 2. The summed E-state index contributed by atoms with van der Waals surface area (Å²) in [4.78, 5) is 3.03. The van der Waals surface area contributed by atoms with Crippen molar-refractivity contribution >= 4 is 11.4 Å². The van der Waals surface area contributed by atoms with Crippen LogP contribution in [-0.4, -0.2) is 34.7 Å². The molecular formula is C22H25N3O2S. The third-order valence-electron chi connectivity index (χ3n) is 5.41. The van der Waals surface area contributed by atoms with Crippen LogP contribution in [0, 0.1) is 11.3 Å². The molecule has 0 radical (unpaired) electrons. The van der Waals surface area contributed by atoms with Crippen molar-refractivity contribution in [2.75, 3.05) is 13.1 Å². The molecule has 2 aliphatic rings. The molecule has 146 valence electrons. The predicted octanol–water partition coefficient (Wildman–Crippen LogP) is 3.38. The summed E-state index contributed by atoms with van der Waals surface area (Å²) in [5.74, 6) is 0.962. The van der Waals surface area contributed by atoms with Gasteiger partial charge in [-0.15, -0.1) is 4.72 Å². The molecule has 0 amide bonds. The Bertz CT molecular complexity index is 832. The maximum atomic E-state index is 12.5. The number of nitrogens with one attached hydrogen (secondary N) is 1. The monoisotopic (exact) mass is 395 g/mol. The summed E-state index contributed by atoms with van der Waals surface area (Å²) in [6.07, 6.45) is 5.00. The van der Waals surface area contributed by atoms with Crippen LogP contribution in [0.3, 0.4) is 0 Å². The third-order valence-corrected chi connectivity index (χ3v) is 6.64. The molecule has 2 aromatic carbocycles. The van der Waals surface area contributed by atoms with Crippen LogP contribution in [0.2, 0.25) is 0 Å². The Labute approximate surface area is 169 Å². The maximum Gasteiger partial charge on any atom is 0.175 e. The van der Waals surface area contributed by atoms with E-state index in [0.29, 0.717) is 16.6 Å². The van der Waals surface area contributed by atoms with E-state index < -0.39 is 11.4 Å². The van der Waals surface area contributed by atoms with E-state index in [-0.39, 0.29) is 6.04 Å². The second kappa shape index (κ2) is 8.97. The van der Waals surface area contributed by atoms with Gasteiger partial charge < -0.3 is 9.29 Å². The summed E-state index contributed by atoms with van der Waals surface area (Å²) in [6, 6.07) is 17.7. The normalized spacial score (nSPS) is 21.1. The van der Waals surface area contributed by atoms with Crippen LogP contribution in [0.15, 0.2) is 53.4 Å². The first-order chi connectivity index (χ1) is 13.7. The van der Waals surface area contributed by atoms with Gasteiger partial charge in [0.2, 0.25) is 0 Å². The van der Waals surface area contributed by atoms with Crippen LogP contribution < -0.4 is 9.46 Å². The van der Waals surface area contributed by atoms with E-state index in [1.807, 2.05) is 0 Å². The predicted molar refractivity (Wildman–Crippen MR) is 109 cm³/mol. The van der Waals surface area contributed by atoms with E-state index in [4.69, 9.17) is 10.00 Å². The molecule has 1 saturated heterocycles. The Balaban J connectivity index is 1.26. The molecule has 1 N–H and O–H groups in total. The topological polar surface area (TPSA) is 71.3 Å². The molecule has 2 aromatic rings. The number of hydrogen-bond acceptors (Lipinski definition) is 5. The molecule has 0 bridgehead atoms. The van der Waals surface area contributed by atoms with Gasteiger partial charge in [-0.3, -0.25) is 4.90 Å². The van der Waals surface area contributed by atoms with Crippen molar-refractivity contribution in [3.8, 4) is 11.8 Å². The van der Waals surface area contributed by atoms with Crippen LogP contribution in [0.1, 0.15) is 36.8 Å². The Morgan fingerprint density at radius 1 is 1.18 bits per heavy atom. The van der Waals surface area contributed by atoms with Gasteiger partial charge in [-0.05, 0) is 55.5 Å². The summed E-state index contributed by atoms with van der Waals surface area (Å²) in [6.45, 7) is 2.73. The molecule has 2 fully saturated rings. The lowest BCUT2D eigenvalue weighted by Gasteiger charge is -2.26. The van der Waals surface area contributed by atoms with Crippen molar-refractivity contribution in [2.45, 2.75) is 49.3 Å². The molecule has 0 aromatic heterocycles. The minimum absolute atomic E-state index is 0.188. The van der Waals surface area contributed by atoms with E-state index in [1.54, 1.807) is 24.3 Å². The lowest BCUT2D eigenvalue weighted by Crippen LogP contribution is -2.37. The van der Waals surface area contributed by atoms with Crippen molar-refractivity contribution in [1.29, 1.82) is 5.26 Å². The molecular weight excluding hydrogens is 370 g/mol. The highest BCUT2D eigenvalue weighted by molar-refractivity contribution is 7.89. The smallest absolute Gasteiger partial charge is 0.175 e. The van der Waals surface area contributed by atoms with Crippen molar-refractivity contribution in [3.63, 3.8) is 0 Å². The molecule has 28 heavy (non-hydrogen) atoms. The first kappa shape index (κ1) is 19.3. The summed E-state index contributed by atoms with van der Waals surface area (Å²) >= 11 is -1.30. The zero-order valence-electron chi connectivity index (χ0n) is 15.8. The van der Waals surface area contributed by atoms with Gasteiger partial charge in [0.1, 0.15) is 5.75 Å². The summed E-state index contributed by atoms with van der Waals surface area (Å²) in [7, 11) is 0. The zero-order chi connectivity index (χ0) is 19.3. The molecule has 1 unspecified atom stereocenters. The largest absolute Gasteiger partial charge is 0.593 e. The van der Waals surface area contributed by atoms with Crippen LogP contribution in [0.25, 0.3) is 0 Å². The van der Waals surface area contributed by atoms with E-state index in [0.717, 1.165) is 31.8 Å². The Kier molecular flexibility index (Phi) is 6.18. The number of nitrogens with zero attached hydrogens (tertiary/aromatic N) is 2. The molecule has 5 nitrogen and oxygen atoms in total. The zero-order valence-corrected chi connectivity index (χ0v) is 16.7. The van der Waals surface area contributed by atoms with Gasteiger partial charge in [0.25, 0.3) is 0 Å². The molecule has 2 atom stereocenters. The number of likely N-dealkylation sites (tertiary alicyclic amines) is 1. The highest BCUT2D eigenvalue weighted by atomic mass is 32.2. The third kappa shape index (κ3) is 4.86. The van der Waals surface area contributed by atoms with Crippen LogP contribution in [0.5, 0.6) is 5.75 Å². The second-order valence-electron chi connectivity index (χ2n) is 7.56. The minimum Gasteiger partial charge on any atom is -0.593 e.